The van der Waals surface area contributed by atoms with Crippen molar-refractivity contribution in [3.05, 3.63) is 26.8 Å². The number of carbonyl (C=O) groups is 1. The highest BCUT2D eigenvalue weighted by Crippen LogP contribution is 2.35. The lowest BCUT2D eigenvalue weighted by Gasteiger charge is -2.18. The minimum atomic E-state index is 0.0304. The van der Waals surface area contributed by atoms with Crippen molar-refractivity contribution >= 4 is 51.6 Å². The minimum absolute atomic E-state index is 0.0304. The number of rotatable bonds is 2. The minimum Gasteiger partial charge on any atom is -0.290 e. The fourth-order valence-corrected chi connectivity index (χ4v) is 4.02. The Morgan fingerprint density at radius 1 is 1.47 bits per heavy atom. The summed E-state index contributed by atoms with van der Waals surface area (Å²) in [7, 11) is 0. The SMILES string of the molecule is Cc1ccsc1/C=C1\SC(=S)N(C(C)C)C1=O. The molecule has 1 saturated heterocycles. The maximum atomic E-state index is 12.1. The third kappa shape index (κ3) is 2.46. The first-order chi connectivity index (χ1) is 8.00. The highest BCUT2D eigenvalue weighted by molar-refractivity contribution is 8.26. The standard InChI is InChI=1S/C12H13NOS3/c1-7(2)13-11(14)10(17-12(13)15)6-9-8(3)4-5-16-9/h4-7H,1-3H3/b10-6-. The predicted octanol–water partition coefficient (Wildman–Crippen LogP) is 3.67. The van der Waals surface area contributed by atoms with Crippen molar-refractivity contribution in [1.29, 1.82) is 0 Å². The van der Waals surface area contributed by atoms with Gasteiger partial charge in [0.1, 0.15) is 4.32 Å². The van der Waals surface area contributed by atoms with Crippen molar-refractivity contribution in [1.82, 2.24) is 4.90 Å². The topological polar surface area (TPSA) is 20.3 Å². The van der Waals surface area contributed by atoms with Gasteiger partial charge in [0.05, 0.1) is 4.91 Å². The summed E-state index contributed by atoms with van der Waals surface area (Å²) in [5, 5.41) is 2.03. The van der Waals surface area contributed by atoms with Crippen molar-refractivity contribution in [3.63, 3.8) is 0 Å². The molecule has 2 nitrogen and oxygen atoms in total. The van der Waals surface area contributed by atoms with Crippen LogP contribution in [0.3, 0.4) is 0 Å². The molecule has 2 heterocycles. The largest absolute Gasteiger partial charge is 0.290 e. The number of amides is 1. The van der Waals surface area contributed by atoms with E-state index in [4.69, 9.17) is 12.2 Å². The Morgan fingerprint density at radius 3 is 2.65 bits per heavy atom. The molecule has 2 rings (SSSR count). The third-order valence-electron chi connectivity index (χ3n) is 2.50. The average molecular weight is 283 g/mol. The van der Waals surface area contributed by atoms with E-state index in [1.165, 1.54) is 17.3 Å². The van der Waals surface area contributed by atoms with Gasteiger partial charge in [0.2, 0.25) is 0 Å². The van der Waals surface area contributed by atoms with Crippen LogP contribution in [0, 0.1) is 6.92 Å². The van der Waals surface area contributed by atoms with Gasteiger partial charge in [-0.15, -0.1) is 11.3 Å². The summed E-state index contributed by atoms with van der Waals surface area (Å²) in [6, 6.07) is 2.18. The maximum Gasteiger partial charge on any atom is 0.266 e. The second-order valence-corrected chi connectivity index (χ2v) is 6.74. The van der Waals surface area contributed by atoms with Crippen LogP contribution in [0.15, 0.2) is 16.4 Å². The maximum absolute atomic E-state index is 12.1. The van der Waals surface area contributed by atoms with Crippen molar-refractivity contribution < 1.29 is 4.79 Å². The zero-order chi connectivity index (χ0) is 12.6. The molecule has 5 heteroatoms. The number of thiophene rings is 1. The van der Waals surface area contributed by atoms with E-state index in [-0.39, 0.29) is 11.9 Å². The van der Waals surface area contributed by atoms with Crippen LogP contribution >= 0.6 is 35.3 Å². The number of thiocarbonyl (C=S) groups is 1. The number of hydrogen-bond acceptors (Lipinski definition) is 4. The summed E-state index contributed by atoms with van der Waals surface area (Å²) in [6.07, 6.45) is 1.95. The molecule has 0 radical (unpaired) electrons. The van der Waals surface area contributed by atoms with E-state index >= 15 is 0 Å². The van der Waals surface area contributed by atoms with Crippen LogP contribution < -0.4 is 0 Å². The molecular formula is C12H13NOS3. The Hall–Kier alpha value is -0.650. The number of thioether (sulfide) groups is 1. The molecule has 17 heavy (non-hydrogen) atoms. The zero-order valence-corrected chi connectivity index (χ0v) is 12.3. The summed E-state index contributed by atoms with van der Waals surface area (Å²) in [5.41, 5.74) is 1.20. The third-order valence-corrected chi connectivity index (χ3v) is 4.80. The first kappa shape index (κ1) is 12.8. The van der Waals surface area contributed by atoms with Crippen molar-refractivity contribution in [2.45, 2.75) is 26.8 Å². The number of nitrogens with zero attached hydrogens (tertiary/aromatic N) is 1. The quantitative estimate of drug-likeness (QED) is 0.610. The van der Waals surface area contributed by atoms with Crippen LogP contribution in [0.1, 0.15) is 24.3 Å². The molecule has 1 aromatic rings. The number of hydrogen-bond donors (Lipinski definition) is 0. The zero-order valence-electron chi connectivity index (χ0n) is 9.89. The van der Waals surface area contributed by atoms with Crippen LogP contribution in [-0.2, 0) is 4.79 Å². The Morgan fingerprint density at radius 2 is 2.18 bits per heavy atom. The molecule has 0 spiro atoms. The Balaban J connectivity index is 2.31. The average Bonchev–Trinajstić information content (AvgIpc) is 2.73. The van der Waals surface area contributed by atoms with Crippen LogP contribution in [-0.4, -0.2) is 21.2 Å². The summed E-state index contributed by atoms with van der Waals surface area (Å²) in [4.78, 5) is 15.7. The molecule has 1 amide bonds. The molecule has 1 aliphatic heterocycles. The molecule has 90 valence electrons. The molecule has 1 aromatic heterocycles. The fraction of sp³-hybridized carbons (Fsp3) is 0.333. The van der Waals surface area contributed by atoms with Gasteiger partial charge in [-0.3, -0.25) is 9.69 Å². The van der Waals surface area contributed by atoms with Gasteiger partial charge >= 0.3 is 0 Å². The summed E-state index contributed by atoms with van der Waals surface area (Å²) < 4.78 is 0.658. The first-order valence-electron chi connectivity index (χ1n) is 5.32. The molecule has 0 aliphatic carbocycles. The first-order valence-corrected chi connectivity index (χ1v) is 7.42. The van der Waals surface area contributed by atoms with E-state index in [1.54, 1.807) is 16.2 Å². The lowest BCUT2D eigenvalue weighted by molar-refractivity contribution is -0.123. The van der Waals surface area contributed by atoms with Gasteiger partial charge in [-0.25, -0.2) is 0 Å². The van der Waals surface area contributed by atoms with Gasteiger partial charge in [0.25, 0.3) is 5.91 Å². The van der Waals surface area contributed by atoms with Gasteiger partial charge < -0.3 is 0 Å². The normalized spacial score (nSPS) is 18.8. The second-order valence-electron chi connectivity index (χ2n) is 4.11. The number of carbonyl (C=O) groups excluding carboxylic acids is 1. The fourth-order valence-electron chi connectivity index (χ4n) is 1.58. The summed E-state index contributed by atoms with van der Waals surface area (Å²) in [6.45, 7) is 6.00. The predicted molar refractivity (Wildman–Crippen MR) is 79.2 cm³/mol. The highest BCUT2D eigenvalue weighted by Gasteiger charge is 2.33. The van der Waals surface area contributed by atoms with Crippen LogP contribution in [0.2, 0.25) is 0 Å². The smallest absolute Gasteiger partial charge is 0.266 e. The molecule has 1 fully saturated rings. The van der Waals surface area contributed by atoms with Gasteiger partial charge in [0, 0.05) is 10.9 Å². The van der Waals surface area contributed by atoms with E-state index in [0.29, 0.717) is 4.32 Å². The lowest BCUT2D eigenvalue weighted by atomic mass is 10.2. The molecule has 0 saturated carbocycles. The van der Waals surface area contributed by atoms with E-state index in [2.05, 4.69) is 6.07 Å². The molecule has 0 bridgehead atoms. The van der Waals surface area contributed by atoms with Gasteiger partial charge in [-0.2, -0.15) is 0 Å². The molecule has 0 N–H and O–H groups in total. The Labute approximate surface area is 115 Å². The van der Waals surface area contributed by atoms with E-state index in [0.717, 1.165) is 9.78 Å². The second kappa shape index (κ2) is 4.92. The Bertz CT molecular complexity index is 502. The highest BCUT2D eigenvalue weighted by atomic mass is 32.2. The number of aryl methyl sites for hydroxylation is 1. The molecular weight excluding hydrogens is 270 g/mol. The summed E-state index contributed by atoms with van der Waals surface area (Å²) >= 11 is 8.27. The lowest BCUT2D eigenvalue weighted by Crippen LogP contribution is -2.34. The van der Waals surface area contributed by atoms with Crippen LogP contribution in [0.5, 0.6) is 0 Å². The van der Waals surface area contributed by atoms with E-state index in [9.17, 15) is 4.79 Å². The molecule has 0 aromatic carbocycles. The van der Waals surface area contributed by atoms with Crippen LogP contribution in [0.4, 0.5) is 0 Å². The van der Waals surface area contributed by atoms with Crippen molar-refractivity contribution in [2.75, 3.05) is 0 Å². The van der Waals surface area contributed by atoms with Crippen molar-refractivity contribution in [2.24, 2.45) is 0 Å². The van der Waals surface area contributed by atoms with E-state index in [1.807, 2.05) is 32.2 Å². The molecule has 0 unspecified atom stereocenters. The Kier molecular flexibility index (Phi) is 3.70. The van der Waals surface area contributed by atoms with Gasteiger partial charge in [-0.05, 0) is 43.9 Å². The van der Waals surface area contributed by atoms with Crippen molar-refractivity contribution in [3.8, 4) is 0 Å². The summed E-state index contributed by atoms with van der Waals surface area (Å²) in [5.74, 6) is 0.0304. The monoisotopic (exact) mass is 283 g/mol. The molecule has 1 aliphatic rings. The van der Waals surface area contributed by atoms with Crippen LogP contribution in [0.25, 0.3) is 6.08 Å². The molecule has 0 atom stereocenters. The van der Waals surface area contributed by atoms with E-state index < -0.39 is 0 Å². The van der Waals surface area contributed by atoms with Gasteiger partial charge in [-0.1, -0.05) is 24.0 Å². The van der Waals surface area contributed by atoms with Gasteiger partial charge in [0.15, 0.2) is 0 Å².